The first kappa shape index (κ1) is 21.2. The number of carbonyl (C=O) groups excluding carboxylic acids is 1. The number of aromatic nitrogens is 2. The van der Waals surface area contributed by atoms with E-state index in [-0.39, 0.29) is 17.4 Å². The number of halogens is 1. The van der Waals surface area contributed by atoms with Crippen molar-refractivity contribution in [2.75, 3.05) is 20.2 Å². The molecule has 2 aliphatic rings. The largest absolute Gasteiger partial charge is 0.380 e. The average molecular weight is 451 g/mol. The number of benzene rings is 1. The van der Waals surface area contributed by atoms with Crippen LogP contribution in [0, 0.1) is 5.92 Å². The van der Waals surface area contributed by atoms with Crippen molar-refractivity contribution in [2.45, 2.75) is 31.5 Å². The molecule has 2 atom stereocenters. The number of pyridine rings is 1. The number of carbonyl (C=O) groups is 1. The van der Waals surface area contributed by atoms with Crippen LogP contribution >= 0.6 is 11.6 Å². The Labute approximate surface area is 192 Å². The van der Waals surface area contributed by atoms with Gasteiger partial charge in [-0.15, -0.1) is 6.58 Å². The van der Waals surface area contributed by atoms with Crippen molar-refractivity contribution in [2.24, 2.45) is 5.92 Å². The molecule has 1 N–H and O–H groups in total. The lowest BCUT2D eigenvalue weighted by atomic mass is 9.71. The predicted octanol–water partition coefficient (Wildman–Crippen LogP) is 3.87. The fourth-order valence-corrected chi connectivity index (χ4v) is 5.42. The van der Waals surface area contributed by atoms with Gasteiger partial charge in [0, 0.05) is 56.2 Å². The molecule has 1 fully saturated rings. The molecule has 2 aliphatic heterocycles. The highest BCUT2D eigenvalue weighted by atomic mass is 35.5. The fraction of sp³-hybridized carbons (Fsp3) is 0.360. The summed E-state index contributed by atoms with van der Waals surface area (Å²) in [5, 5.41) is 4.36. The highest BCUT2D eigenvalue weighted by Gasteiger charge is 2.44. The standard InChI is InChI=1S/C25H27ClN4O2/c1-3-20-13-29(9-8-25(20)11-17-6-4-5-7-18(17)12-27-25)24(31)22-15-30-14-21(26)10-19(16-32-2)23(30)28-22/h3-7,10,14-15,20,27H,1,8-9,11-13,16H2,2H3/t20-,25+/m1/s1. The van der Waals surface area contributed by atoms with Crippen LogP contribution in [-0.2, 0) is 24.3 Å². The van der Waals surface area contributed by atoms with Crippen LogP contribution in [0.2, 0.25) is 5.02 Å². The van der Waals surface area contributed by atoms with Gasteiger partial charge >= 0.3 is 0 Å². The van der Waals surface area contributed by atoms with E-state index in [1.165, 1.54) is 11.1 Å². The first-order valence-corrected chi connectivity index (χ1v) is 11.3. The van der Waals surface area contributed by atoms with E-state index in [0.717, 1.165) is 24.9 Å². The Bertz CT molecular complexity index is 1190. The van der Waals surface area contributed by atoms with Gasteiger partial charge < -0.3 is 19.4 Å². The Morgan fingerprint density at radius 2 is 2.19 bits per heavy atom. The molecule has 3 aromatic rings. The van der Waals surface area contributed by atoms with Gasteiger partial charge in [-0.05, 0) is 30.0 Å². The number of nitrogens with zero attached hydrogens (tertiary/aromatic N) is 3. The van der Waals surface area contributed by atoms with Crippen LogP contribution in [0.5, 0.6) is 0 Å². The number of ether oxygens (including phenoxy) is 1. The van der Waals surface area contributed by atoms with Crippen LogP contribution in [0.25, 0.3) is 5.65 Å². The highest BCUT2D eigenvalue weighted by Crippen LogP contribution is 2.36. The fourth-order valence-electron chi connectivity index (χ4n) is 5.18. The minimum Gasteiger partial charge on any atom is -0.380 e. The molecule has 1 saturated heterocycles. The summed E-state index contributed by atoms with van der Waals surface area (Å²) in [6, 6.07) is 10.4. The van der Waals surface area contributed by atoms with E-state index in [1.54, 1.807) is 23.9 Å². The highest BCUT2D eigenvalue weighted by molar-refractivity contribution is 6.30. The van der Waals surface area contributed by atoms with Crippen LogP contribution < -0.4 is 5.32 Å². The summed E-state index contributed by atoms with van der Waals surface area (Å²) in [4.78, 5) is 19.9. The molecule has 0 aliphatic carbocycles. The smallest absolute Gasteiger partial charge is 0.274 e. The second-order valence-electron chi connectivity index (χ2n) is 8.77. The monoisotopic (exact) mass is 450 g/mol. The van der Waals surface area contributed by atoms with Crippen molar-refractivity contribution in [1.82, 2.24) is 19.6 Å². The molecule has 5 rings (SSSR count). The number of fused-ring (bicyclic) bond motifs is 2. The molecular weight excluding hydrogens is 424 g/mol. The maximum atomic E-state index is 13.4. The average Bonchev–Trinajstić information content (AvgIpc) is 3.23. The van der Waals surface area contributed by atoms with Crippen molar-refractivity contribution >= 4 is 23.2 Å². The molecule has 1 aromatic carbocycles. The number of hydrogen-bond donors (Lipinski definition) is 1. The van der Waals surface area contributed by atoms with Gasteiger partial charge in [-0.1, -0.05) is 41.9 Å². The Kier molecular flexibility index (Phi) is 5.53. The molecule has 4 heterocycles. The lowest BCUT2D eigenvalue weighted by Crippen LogP contribution is -2.62. The van der Waals surface area contributed by atoms with E-state index in [4.69, 9.17) is 16.3 Å². The zero-order valence-electron chi connectivity index (χ0n) is 18.2. The molecule has 0 radical (unpaired) electrons. The van der Waals surface area contributed by atoms with E-state index in [0.29, 0.717) is 36.1 Å². The molecule has 7 heteroatoms. The Morgan fingerprint density at radius 3 is 2.97 bits per heavy atom. The van der Waals surface area contributed by atoms with Gasteiger partial charge in [0.2, 0.25) is 0 Å². The zero-order valence-corrected chi connectivity index (χ0v) is 18.9. The van der Waals surface area contributed by atoms with E-state index >= 15 is 0 Å². The lowest BCUT2D eigenvalue weighted by Gasteiger charge is -2.50. The third-order valence-electron chi connectivity index (χ3n) is 6.89. The number of methoxy groups -OCH3 is 1. The van der Waals surface area contributed by atoms with E-state index in [1.807, 2.05) is 17.0 Å². The summed E-state index contributed by atoms with van der Waals surface area (Å²) in [5.41, 5.74) is 4.65. The van der Waals surface area contributed by atoms with Crippen LogP contribution in [0.4, 0.5) is 0 Å². The predicted molar refractivity (Wildman–Crippen MR) is 125 cm³/mol. The van der Waals surface area contributed by atoms with Crippen LogP contribution in [0.15, 0.2) is 55.4 Å². The van der Waals surface area contributed by atoms with E-state index < -0.39 is 0 Å². The second kappa shape index (κ2) is 8.35. The molecule has 0 saturated carbocycles. The molecule has 1 spiro atoms. The molecule has 166 valence electrons. The Balaban J connectivity index is 1.39. The molecule has 1 amide bonds. The van der Waals surface area contributed by atoms with Crippen molar-refractivity contribution in [3.8, 4) is 0 Å². The maximum absolute atomic E-state index is 13.4. The zero-order chi connectivity index (χ0) is 22.3. The third kappa shape index (κ3) is 3.62. The number of imidazole rings is 1. The summed E-state index contributed by atoms with van der Waals surface area (Å²) < 4.78 is 7.07. The van der Waals surface area contributed by atoms with Gasteiger partial charge in [0.15, 0.2) is 0 Å². The van der Waals surface area contributed by atoms with Gasteiger partial charge in [-0.3, -0.25) is 4.79 Å². The summed E-state index contributed by atoms with van der Waals surface area (Å²) in [6.45, 7) is 6.64. The van der Waals surface area contributed by atoms with Crippen LogP contribution in [-0.4, -0.2) is 45.9 Å². The van der Waals surface area contributed by atoms with Gasteiger partial charge in [-0.25, -0.2) is 4.98 Å². The minimum atomic E-state index is -0.0645. The van der Waals surface area contributed by atoms with Gasteiger partial charge in [-0.2, -0.15) is 0 Å². The Hall–Kier alpha value is -2.67. The first-order valence-electron chi connectivity index (χ1n) is 10.9. The molecule has 32 heavy (non-hydrogen) atoms. The topological polar surface area (TPSA) is 58.9 Å². The van der Waals surface area contributed by atoms with E-state index in [2.05, 4.69) is 41.1 Å². The second-order valence-corrected chi connectivity index (χ2v) is 9.21. The molecule has 0 unspecified atom stereocenters. The molecule has 0 bridgehead atoms. The number of rotatable bonds is 4. The third-order valence-corrected chi connectivity index (χ3v) is 7.10. The molecule has 2 aromatic heterocycles. The van der Waals surface area contributed by atoms with Crippen LogP contribution in [0.1, 0.15) is 33.6 Å². The quantitative estimate of drug-likeness (QED) is 0.613. The van der Waals surface area contributed by atoms with Gasteiger partial charge in [0.05, 0.1) is 11.6 Å². The van der Waals surface area contributed by atoms with Gasteiger partial charge in [0.1, 0.15) is 11.3 Å². The summed E-state index contributed by atoms with van der Waals surface area (Å²) in [7, 11) is 1.63. The first-order chi connectivity index (χ1) is 15.5. The minimum absolute atomic E-state index is 0.0638. The molecule has 6 nitrogen and oxygen atoms in total. The van der Waals surface area contributed by atoms with Gasteiger partial charge in [0.25, 0.3) is 5.91 Å². The SMILES string of the molecule is C=C[C@@H]1CN(C(=O)c2cn3cc(Cl)cc(COC)c3n2)CC[C@]12Cc1ccccc1CN2. The Morgan fingerprint density at radius 1 is 1.38 bits per heavy atom. The lowest BCUT2D eigenvalue weighted by molar-refractivity contribution is 0.0521. The summed E-state index contributed by atoms with van der Waals surface area (Å²) in [6.07, 6.45) is 7.35. The van der Waals surface area contributed by atoms with Crippen LogP contribution in [0.3, 0.4) is 0 Å². The van der Waals surface area contributed by atoms with E-state index in [9.17, 15) is 4.79 Å². The number of piperidine rings is 1. The number of nitrogens with one attached hydrogen (secondary N) is 1. The molecular formula is C25H27ClN4O2. The van der Waals surface area contributed by atoms with Crippen molar-refractivity contribution in [3.05, 3.63) is 82.8 Å². The van der Waals surface area contributed by atoms with Crippen molar-refractivity contribution in [3.63, 3.8) is 0 Å². The number of hydrogen-bond acceptors (Lipinski definition) is 4. The summed E-state index contributed by atoms with van der Waals surface area (Å²) in [5.74, 6) is 0.0928. The summed E-state index contributed by atoms with van der Waals surface area (Å²) >= 11 is 6.24. The number of likely N-dealkylation sites (tertiary alicyclic amines) is 1. The van der Waals surface area contributed by atoms with Crippen molar-refractivity contribution in [1.29, 1.82) is 0 Å². The number of amides is 1. The normalized spacial score (nSPS) is 22.8. The maximum Gasteiger partial charge on any atom is 0.274 e. The van der Waals surface area contributed by atoms with Crippen molar-refractivity contribution < 1.29 is 9.53 Å².